The van der Waals surface area contributed by atoms with E-state index in [2.05, 4.69) is 72.9 Å². The molecule has 1 aromatic carbocycles. The molecule has 0 heteroatoms. The van der Waals surface area contributed by atoms with E-state index >= 15 is 0 Å². The first-order chi connectivity index (χ1) is 7.93. The summed E-state index contributed by atoms with van der Waals surface area (Å²) in [6, 6.07) is 8.46. The van der Waals surface area contributed by atoms with Gasteiger partial charge in [0.1, 0.15) is 0 Å². The fourth-order valence-electron chi connectivity index (χ4n) is 2.00. The molecule has 0 radical (unpaired) electrons. The van der Waals surface area contributed by atoms with Crippen LogP contribution in [0.3, 0.4) is 0 Å². The molecule has 16 heavy (non-hydrogen) atoms. The van der Waals surface area contributed by atoms with Crippen molar-refractivity contribution < 1.29 is 0 Å². The van der Waals surface area contributed by atoms with Crippen molar-refractivity contribution in [3.63, 3.8) is 0 Å². The fraction of sp³-hybridized carbons (Fsp3) is 0. The fourth-order valence-corrected chi connectivity index (χ4v) is 2.00. The van der Waals surface area contributed by atoms with Crippen LogP contribution in [0.1, 0.15) is 11.1 Å². The Kier molecular flexibility index (Phi) is 2.19. The molecule has 0 saturated heterocycles. The van der Waals surface area contributed by atoms with Gasteiger partial charge in [0.2, 0.25) is 0 Å². The number of rotatable bonds is 0. The van der Waals surface area contributed by atoms with Gasteiger partial charge in [-0.1, -0.05) is 66.8 Å². The Morgan fingerprint density at radius 1 is 0.625 bits per heavy atom. The van der Waals surface area contributed by atoms with E-state index in [1.54, 1.807) is 0 Å². The van der Waals surface area contributed by atoms with Gasteiger partial charge in [-0.15, -0.1) is 0 Å². The third-order valence-electron chi connectivity index (χ3n) is 2.86. The van der Waals surface area contributed by atoms with Crippen molar-refractivity contribution >= 4 is 12.2 Å². The van der Waals surface area contributed by atoms with Crippen molar-refractivity contribution in [1.82, 2.24) is 0 Å². The summed E-state index contributed by atoms with van der Waals surface area (Å²) >= 11 is 0. The minimum Gasteiger partial charge on any atom is -0.0622 e. The zero-order valence-corrected chi connectivity index (χ0v) is 8.93. The van der Waals surface area contributed by atoms with Crippen LogP contribution in [-0.2, 0) is 0 Å². The number of fused-ring (bicyclic) bond motifs is 2. The highest BCUT2D eigenvalue weighted by Crippen LogP contribution is 2.26. The Labute approximate surface area is 95.6 Å². The maximum Gasteiger partial charge on any atom is -0.0178 e. The van der Waals surface area contributed by atoms with Crippen molar-refractivity contribution in [2.45, 2.75) is 0 Å². The van der Waals surface area contributed by atoms with Gasteiger partial charge in [0, 0.05) is 0 Å². The van der Waals surface area contributed by atoms with Crippen molar-refractivity contribution in [2.75, 3.05) is 0 Å². The van der Waals surface area contributed by atoms with Crippen LogP contribution in [0.25, 0.3) is 12.2 Å². The molecule has 3 rings (SSSR count). The summed E-state index contributed by atoms with van der Waals surface area (Å²) in [6.45, 7) is 0. The van der Waals surface area contributed by atoms with Gasteiger partial charge in [0.25, 0.3) is 0 Å². The molecular formula is C16H12. The van der Waals surface area contributed by atoms with Crippen LogP contribution in [0.2, 0.25) is 0 Å². The predicted molar refractivity (Wildman–Crippen MR) is 69.8 cm³/mol. The predicted octanol–water partition coefficient (Wildman–Crippen LogP) is 4.15. The minimum atomic E-state index is 1.27. The Morgan fingerprint density at radius 2 is 1.50 bits per heavy atom. The summed E-state index contributed by atoms with van der Waals surface area (Å²) in [4.78, 5) is 0. The first-order valence-corrected chi connectivity index (χ1v) is 5.48. The van der Waals surface area contributed by atoms with Crippen LogP contribution in [0, 0.1) is 0 Å². The molecule has 0 unspecified atom stereocenters. The quantitative estimate of drug-likeness (QED) is 0.595. The molecule has 0 fully saturated rings. The molecule has 2 aliphatic rings. The Morgan fingerprint density at radius 3 is 2.44 bits per heavy atom. The van der Waals surface area contributed by atoms with Crippen molar-refractivity contribution in [3.8, 4) is 0 Å². The summed E-state index contributed by atoms with van der Waals surface area (Å²) in [5, 5.41) is 0. The monoisotopic (exact) mass is 204 g/mol. The summed E-state index contributed by atoms with van der Waals surface area (Å²) < 4.78 is 0. The molecule has 0 spiro atoms. The average Bonchev–Trinajstić information content (AvgIpc) is 2.61. The van der Waals surface area contributed by atoms with Crippen LogP contribution in [0.15, 0.2) is 71.9 Å². The third kappa shape index (κ3) is 1.59. The lowest BCUT2D eigenvalue weighted by atomic mass is 10.0. The van der Waals surface area contributed by atoms with Gasteiger partial charge < -0.3 is 0 Å². The second-order valence-electron chi connectivity index (χ2n) is 3.93. The van der Waals surface area contributed by atoms with Crippen molar-refractivity contribution in [2.24, 2.45) is 0 Å². The van der Waals surface area contributed by atoms with E-state index in [9.17, 15) is 0 Å². The molecule has 0 aromatic heterocycles. The summed E-state index contributed by atoms with van der Waals surface area (Å²) in [5.74, 6) is 0. The van der Waals surface area contributed by atoms with Gasteiger partial charge in [-0.25, -0.2) is 0 Å². The molecule has 2 aliphatic carbocycles. The molecule has 0 nitrogen and oxygen atoms in total. The first-order valence-electron chi connectivity index (χ1n) is 5.48. The lowest BCUT2D eigenvalue weighted by Crippen LogP contribution is -1.80. The zero-order valence-electron chi connectivity index (χ0n) is 8.93. The largest absolute Gasteiger partial charge is 0.0622 e. The molecule has 0 heterocycles. The van der Waals surface area contributed by atoms with Gasteiger partial charge in [0.05, 0.1) is 0 Å². The van der Waals surface area contributed by atoms with Crippen LogP contribution < -0.4 is 0 Å². The molecular weight excluding hydrogens is 192 g/mol. The van der Waals surface area contributed by atoms with Gasteiger partial charge in [-0.3, -0.25) is 0 Å². The molecule has 0 atom stereocenters. The Bertz CT molecular complexity index is 563. The highest BCUT2D eigenvalue weighted by atomic mass is 14.1. The maximum atomic E-state index is 2.24. The highest BCUT2D eigenvalue weighted by Gasteiger charge is 2.06. The second-order valence-corrected chi connectivity index (χ2v) is 3.93. The van der Waals surface area contributed by atoms with E-state index in [4.69, 9.17) is 0 Å². The SMILES string of the molecule is C1=CC=C2C=Cc3ccccc3C=C2C=C1. The molecule has 0 N–H and O–H groups in total. The molecule has 0 bridgehead atoms. The van der Waals surface area contributed by atoms with E-state index in [0.29, 0.717) is 0 Å². The normalized spacial score (nSPS) is 16.8. The van der Waals surface area contributed by atoms with E-state index in [1.807, 2.05) is 0 Å². The van der Waals surface area contributed by atoms with Crippen molar-refractivity contribution in [1.29, 1.82) is 0 Å². The Hall–Kier alpha value is -2.08. The summed E-state index contributed by atoms with van der Waals surface area (Å²) in [7, 11) is 0. The highest BCUT2D eigenvalue weighted by molar-refractivity contribution is 5.77. The van der Waals surface area contributed by atoms with E-state index in [1.165, 1.54) is 22.3 Å². The second kappa shape index (κ2) is 3.82. The molecule has 0 amide bonds. The van der Waals surface area contributed by atoms with E-state index in [0.717, 1.165) is 0 Å². The van der Waals surface area contributed by atoms with Gasteiger partial charge in [-0.2, -0.15) is 0 Å². The standard InChI is InChI=1S/C16H12/c1-2-6-13-10-11-14-7-4-5-9-16(14)12-15(13)8-3-1/h1-12H. The van der Waals surface area contributed by atoms with Gasteiger partial charge >= 0.3 is 0 Å². The average molecular weight is 204 g/mol. The van der Waals surface area contributed by atoms with Gasteiger partial charge in [0.15, 0.2) is 0 Å². The Balaban J connectivity index is 2.22. The molecule has 1 aromatic rings. The van der Waals surface area contributed by atoms with Crippen LogP contribution >= 0.6 is 0 Å². The smallest absolute Gasteiger partial charge is 0.0178 e. The van der Waals surface area contributed by atoms with Crippen LogP contribution in [0.4, 0.5) is 0 Å². The summed E-state index contributed by atoms with van der Waals surface area (Å²) in [6.07, 6.45) is 17.1. The topological polar surface area (TPSA) is 0 Å². The summed E-state index contributed by atoms with van der Waals surface area (Å²) in [5.41, 5.74) is 5.09. The zero-order chi connectivity index (χ0) is 10.8. The van der Waals surface area contributed by atoms with E-state index in [-0.39, 0.29) is 0 Å². The number of hydrogen-bond donors (Lipinski definition) is 0. The maximum absolute atomic E-state index is 2.24. The van der Waals surface area contributed by atoms with Gasteiger partial charge in [-0.05, 0) is 28.3 Å². The van der Waals surface area contributed by atoms with Crippen LogP contribution in [0.5, 0.6) is 0 Å². The number of hydrogen-bond acceptors (Lipinski definition) is 0. The lowest BCUT2D eigenvalue weighted by molar-refractivity contribution is 1.59. The third-order valence-corrected chi connectivity index (χ3v) is 2.86. The lowest BCUT2D eigenvalue weighted by Gasteiger charge is -2.00. The molecule has 76 valence electrons. The molecule has 0 aliphatic heterocycles. The first kappa shape index (κ1) is 9.17. The van der Waals surface area contributed by atoms with Crippen molar-refractivity contribution in [3.05, 3.63) is 83.0 Å². The van der Waals surface area contributed by atoms with E-state index < -0.39 is 0 Å². The number of allylic oxidation sites excluding steroid dienone is 8. The van der Waals surface area contributed by atoms with Crippen LogP contribution in [-0.4, -0.2) is 0 Å². The number of benzene rings is 1. The minimum absolute atomic E-state index is 1.27. The molecule has 0 saturated carbocycles.